The summed E-state index contributed by atoms with van der Waals surface area (Å²) in [5.74, 6) is -0.320. The molecule has 4 N–H and O–H groups in total. The molecule has 2 heterocycles. The number of nitrogens with zero attached hydrogens (tertiary/aromatic N) is 2. The molecule has 1 aromatic carbocycles. The van der Waals surface area contributed by atoms with Gasteiger partial charge >= 0.3 is 0 Å². The summed E-state index contributed by atoms with van der Waals surface area (Å²) in [6.45, 7) is 2.14. The SMILES string of the molecule is Cc1cc(F)c(C(=O)NC2CC2)cc1-c1cnc(NCCO)c(-c2cn[nH]c2)c1. The number of pyridine rings is 1. The van der Waals surface area contributed by atoms with Crippen molar-refractivity contribution in [3.63, 3.8) is 0 Å². The summed E-state index contributed by atoms with van der Waals surface area (Å²) >= 11 is 0. The number of benzene rings is 1. The van der Waals surface area contributed by atoms with Gasteiger partial charge in [0, 0.05) is 41.7 Å². The molecule has 0 aliphatic heterocycles. The molecule has 0 atom stereocenters. The number of amides is 1. The van der Waals surface area contributed by atoms with Crippen LogP contribution in [0, 0.1) is 12.7 Å². The van der Waals surface area contributed by atoms with E-state index in [2.05, 4.69) is 25.8 Å². The number of anilines is 1. The smallest absolute Gasteiger partial charge is 0.254 e. The highest BCUT2D eigenvalue weighted by atomic mass is 19.1. The molecular formula is C21H22FN5O2. The number of aliphatic hydroxyl groups excluding tert-OH is 1. The van der Waals surface area contributed by atoms with Crippen molar-refractivity contribution in [1.82, 2.24) is 20.5 Å². The molecule has 4 rings (SSSR count). The molecule has 1 amide bonds. The average Bonchev–Trinajstić information content (AvgIpc) is 3.35. The van der Waals surface area contributed by atoms with Crippen LogP contribution < -0.4 is 10.6 Å². The van der Waals surface area contributed by atoms with Crippen molar-refractivity contribution in [1.29, 1.82) is 0 Å². The lowest BCUT2D eigenvalue weighted by molar-refractivity contribution is 0.0947. The van der Waals surface area contributed by atoms with Crippen LogP contribution in [0.3, 0.4) is 0 Å². The number of halogens is 1. The number of carbonyl (C=O) groups is 1. The molecule has 1 aliphatic carbocycles. The Hall–Kier alpha value is -3.26. The van der Waals surface area contributed by atoms with Gasteiger partial charge in [-0.05, 0) is 49.1 Å². The highest BCUT2D eigenvalue weighted by Gasteiger charge is 2.25. The summed E-state index contributed by atoms with van der Waals surface area (Å²) in [4.78, 5) is 16.9. The van der Waals surface area contributed by atoms with Gasteiger partial charge in [0.1, 0.15) is 11.6 Å². The van der Waals surface area contributed by atoms with E-state index < -0.39 is 11.7 Å². The fourth-order valence-corrected chi connectivity index (χ4v) is 3.19. The summed E-state index contributed by atoms with van der Waals surface area (Å²) < 4.78 is 14.5. The number of carbonyl (C=O) groups excluding carboxylic acids is 1. The lowest BCUT2D eigenvalue weighted by Crippen LogP contribution is -2.26. The third-order valence-electron chi connectivity index (χ3n) is 4.88. The fourth-order valence-electron chi connectivity index (χ4n) is 3.19. The zero-order valence-electron chi connectivity index (χ0n) is 16.0. The number of rotatable bonds is 7. The first kappa shape index (κ1) is 19.1. The van der Waals surface area contributed by atoms with E-state index >= 15 is 0 Å². The van der Waals surface area contributed by atoms with Crippen LogP contribution in [0.25, 0.3) is 22.3 Å². The number of aryl methyl sites for hydroxylation is 1. The van der Waals surface area contributed by atoms with Crippen LogP contribution in [-0.2, 0) is 0 Å². The molecule has 0 saturated heterocycles. The predicted octanol–water partition coefficient (Wildman–Crippen LogP) is 2.88. The second-order valence-electron chi connectivity index (χ2n) is 7.15. The monoisotopic (exact) mass is 395 g/mol. The van der Waals surface area contributed by atoms with E-state index in [9.17, 15) is 9.18 Å². The van der Waals surface area contributed by atoms with E-state index in [-0.39, 0.29) is 18.2 Å². The van der Waals surface area contributed by atoms with Crippen LogP contribution in [0.5, 0.6) is 0 Å². The normalized spacial score (nSPS) is 13.3. The first-order valence-electron chi connectivity index (χ1n) is 9.52. The van der Waals surface area contributed by atoms with E-state index in [4.69, 9.17) is 5.11 Å². The van der Waals surface area contributed by atoms with Crippen LogP contribution in [0.4, 0.5) is 10.2 Å². The maximum absolute atomic E-state index is 14.5. The molecule has 1 fully saturated rings. The number of aromatic amines is 1. The lowest BCUT2D eigenvalue weighted by Gasteiger charge is -2.14. The second-order valence-corrected chi connectivity index (χ2v) is 7.15. The minimum atomic E-state index is -0.534. The second kappa shape index (κ2) is 8.00. The molecule has 150 valence electrons. The Labute approximate surface area is 167 Å². The van der Waals surface area contributed by atoms with Crippen LogP contribution in [-0.4, -0.2) is 45.4 Å². The van der Waals surface area contributed by atoms with Gasteiger partial charge in [0.05, 0.1) is 18.4 Å². The number of hydrogen-bond donors (Lipinski definition) is 4. The largest absolute Gasteiger partial charge is 0.395 e. The minimum Gasteiger partial charge on any atom is -0.395 e. The highest BCUT2D eigenvalue weighted by Crippen LogP contribution is 2.33. The zero-order valence-corrected chi connectivity index (χ0v) is 16.0. The van der Waals surface area contributed by atoms with Gasteiger partial charge in [0.15, 0.2) is 0 Å². The first-order valence-corrected chi connectivity index (χ1v) is 9.52. The van der Waals surface area contributed by atoms with Gasteiger partial charge in [0.2, 0.25) is 0 Å². The van der Waals surface area contributed by atoms with Crippen molar-refractivity contribution >= 4 is 11.7 Å². The van der Waals surface area contributed by atoms with Gasteiger partial charge in [-0.1, -0.05) is 0 Å². The summed E-state index contributed by atoms with van der Waals surface area (Å²) in [6.07, 6.45) is 6.97. The molecule has 2 aromatic heterocycles. The standard InChI is InChI=1S/C21H22FN5O2/c1-12-6-19(22)18(21(29)27-15-2-3-15)8-16(12)13-7-17(14-10-25-26-11-14)20(24-9-13)23-4-5-28/h6-11,15,28H,2-5H2,1H3,(H,23,24)(H,25,26)(H,27,29). The molecule has 0 unspecified atom stereocenters. The van der Waals surface area contributed by atoms with E-state index in [0.29, 0.717) is 17.9 Å². The number of aliphatic hydroxyl groups is 1. The first-order chi connectivity index (χ1) is 14.1. The summed E-state index contributed by atoms with van der Waals surface area (Å²) in [6, 6.07) is 5.03. The molecule has 29 heavy (non-hydrogen) atoms. The van der Waals surface area contributed by atoms with Crippen LogP contribution in [0.1, 0.15) is 28.8 Å². The Morgan fingerprint density at radius 2 is 2.07 bits per heavy atom. The summed E-state index contributed by atoms with van der Waals surface area (Å²) in [7, 11) is 0. The van der Waals surface area contributed by atoms with Crippen molar-refractivity contribution in [3.05, 3.63) is 53.7 Å². The minimum absolute atomic E-state index is 0.0230. The van der Waals surface area contributed by atoms with Crippen molar-refractivity contribution in [2.24, 2.45) is 0 Å². The van der Waals surface area contributed by atoms with Gasteiger partial charge in [0.25, 0.3) is 5.91 Å². The van der Waals surface area contributed by atoms with E-state index in [1.165, 1.54) is 6.07 Å². The van der Waals surface area contributed by atoms with Gasteiger partial charge in [-0.2, -0.15) is 5.10 Å². The summed E-state index contributed by atoms with van der Waals surface area (Å²) in [5.41, 5.74) is 3.85. The van der Waals surface area contributed by atoms with Gasteiger partial charge in [-0.25, -0.2) is 9.37 Å². The lowest BCUT2D eigenvalue weighted by atomic mass is 9.96. The number of aromatic nitrogens is 3. The van der Waals surface area contributed by atoms with E-state index in [0.717, 1.165) is 35.1 Å². The maximum Gasteiger partial charge on any atom is 0.254 e. The maximum atomic E-state index is 14.5. The van der Waals surface area contributed by atoms with Crippen molar-refractivity contribution < 1.29 is 14.3 Å². The van der Waals surface area contributed by atoms with Gasteiger partial charge in [-0.3, -0.25) is 9.89 Å². The molecule has 0 spiro atoms. The number of H-pyrrole nitrogens is 1. The molecule has 7 nitrogen and oxygen atoms in total. The van der Waals surface area contributed by atoms with Crippen LogP contribution >= 0.6 is 0 Å². The van der Waals surface area contributed by atoms with Crippen LogP contribution in [0.15, 0.2) is 36.8 Å². The molecule has 8 heteroatoms. The quantitative estimate of drug-likeness (QED) is 0.493. The molecule has 0 radical (unpaired) electrons. The zero-order chi connectivity index (χ0) is 20.4. The van der Waals surface area contributed by atoms with Gasteiger partial charge < -0.3 is 15.7 Å². The fraction of sp³-hybridized carbons (Fsp3) is 0.286. The summed E-state index contributed by atoms with van der Waals surface area (Å²) in [5, 5.41) is 21.8. The number of nitrogens with one attached hydrogen (secondary N) is 3. The Kier molecular flexibility index (Phi) is 5.26. The number of hydrogen-bond acceptors (Lipinski definition) is 5. The van der Waals surface area contributed by atoms with E-state index in [1.54, 1.807) is 31.6 Å². The Morgan fingerprint density at radius 1 is 1.24 bits per heavy atom. The topological polar surface area (TPSA) is 103 Å². The van der Waals surface area contributed by atoms with Crippen LogP contribution in [0.2, 0.25) is 0 Å². The van der Waals surface area contributed by atoms with Crippen molar-refractivity contribution in [2.45, 2.75) is 25.8 Å². The highest BCUT2D eigenvalue weighted by molar-refractivity contribution is 5.96. The van der Waals surface area contributed by atoms with Crippen molar-refractivity contribution in [3.8, 4) is 22.3 Å². The Bertz CT molecular complexity index is 1030. The average molecular weight is 395 g/mol. The predicted molar refractivity (Wildman–Crippen MR) is 108 cm³/mol. The van der Waals surface area contributed by atoms with Crippen molar-refractivity contribution in [2.75, 3.05) is 18.5 Å². The third-order valence-corrected chi connectivity index (χ3v) is 4.88. The van der Waals surface area contributed by atoms with E-state index in [1.807, 2.05) is 6.07 Å². The molecule has 1 aliphatic rings. The van der Waals surface area contributed by atoms with Gasteiger partial charge in [-0.15, -0.1) is 0 Å². The Morgan fingerprint density at radius 3 is 2.76 bits per heavy atom. The molecule has 1 saturated carbocycles. The molecular weight excluding hydrogens is 373 g/mol. The Balaban J connectivity index is 1.75. The third kappa shape index (κ3) is 4.12. The molecule has 0 bridgehead atoms. The molecule has 3 aromatic rings.